The van der Waals surface area contributed by atoms with Crippen molar-refractivity contribution in [3.05, 3.63) is 23.5 Å². The number of anilines is 2. The van der Waals surface area contributed by atoms with Crippen molar-refractivity contribution in [2.75, 3.05) is 24.2 Å². The number of halogens is 1. The third kappa shape index (κ3) is 3.35. The van der Waals surface area contributed by atoms with Gasteiger partial charge in [0.05, 0.1) is 11.3 Å². The van der Waals surface area contributed by atoms with Gasteiger partial charge < -0.3 is 16.4 Å². The second-order valence-corrected chi connectivity index (χ2v) is 5.67. The summed E-state index contributed by atoms with van der Waals surface area (Å²) < 4.78 is 13.8. The molecule has 0 aliphatic heterocycles. The summed E-state index contributed by atoms with van der Waals surface area (Å²) in [4.78, 5) is 12.9. The number of carbonyl (C=O) groups is 1. The van der Waals surface area contributed by atoms with Crippen LogP contribution in [0.4, 0.5) is 15.8 Å². The molecule has 5 heteroatoms. The summed E-state index contributed by atoms with van der Waals surface area (Å²) in [6, 6.07) is 2.54. The van der Waals surface area contributed by atoms with Crippen molar-refractivity contribution in [2.24, 2.45) is 11.1 Å². The lowest BCUT2D eigenvalue weighted by Crippen LogP contribution is -2.30. The largest absolute Gasteiger partial charge is 0.398 e. The molecule has 0 aromatic heterocycles. The van der Waals surface area contributed by atoms with Gasteiger partial charge in [-0.3, -0.25) is 4.79 Å². The summed E-state index contributed by atoms with van der Waals surface area (Å²) in [7, 11) is 1.77. The summed E-state index contributed by atoms with van der Waals surface area (Å²) in [6.07, 6.45) is 0. The number of nitrogen functional groups attached to an aromatic ring is 1. The Hall–Kier alpha value is -1.78. The molecule has 1 rings (SSSR count). The molecule has 0 fully saturated rings. The van der Waals surface area contributed by atoms with Gasteiger partial charge in [-0.25, -0.2) is 4.39 Å². The van der Waals surface area contributed by atoms with Crippen LogP contribution in [0.5, 0.6) is 0 Å². The zero-order valence-corrected chi connectivity index (χ0v) is 11.2. The van der Waals surface area contributed by atoms with Crippen molar-refractivity contribution in [3.8, 4) is 0 Å². The quantitative estimate of drug-likeness (QED) is 0.809. The van der Waals surface area contributed by atoms with Crippen LogP contribution in [0.15, 0.2) is 12.1 Å². The first-order valence-corrected chi connectivity index (χ1v) is 5.72. The molecule has 0 aliphatic carbocycles. The lowest BCUT2D eigenvalue weighted by Gasteiger charge is -2.28. The molecule has 0 unspecified atom stereocenters. The molecule has 100 valence electrons. The highest BCUT2D eigenvalue weighted by Gasteiger charge is 2.19. The van der Waals surface area contributed by atoms with Crippen LogP contribution in [0.3, 0.4) is 0 Å². The Kier molecular flexibility index (Phi) is 3.84. The molecule has 0 saturated heterocycles. The molecule has 0 heterocycles. The van der Waals surface area contributed by atoms with Crippen molar-refractivity contribution < 1.29 is 9.18 Å². The molecule has 0 aliphatic rings. The Morgan fingerprint density at radius 3 is 2.39 bits per heavy atom. The molecule has 18 heavy (non-hydrogen) atoms. The van der Waals surface area contributed by atoms with E-state index in [0.717, 1.165) is 6.07 Å². The van der Waals surface area contributed by atoms with E-state index in [0.29, 0.717) is 12.2 Å². The molecule has 1 aromatic rings. The van der Waals surface area contributed by atoms with E-state index < -0.39 is 11.7 Å². The van der Waals surface area contributed by atoms with Crippen molar-refractivity contribution in [1.82, 2.24) is 0 Å². The standard InChI is InChI=1S/C13H20FN3O/c1-13(2,3)7-17(4)11-5-8(12(16)18)10(15)6-9(11)14/h5-6H,7,15H2,1-4H3,(H2,16,18). The molecule has 0 spiro atoms. The van der Waals surface area contributed by atoms with E-state index in [2.05, 4.69) is 0 Å². The zero-order valence-electron chi connectivity index (χ0n) is 11.2. The van der Waals surface area contributed by atoms with Crippen LogP contribution >= 0.6 is 0 Å². The van der Waals surface area contributed by atoms with Gasteiger partial charge in [0.2, 0.25) is 0 Å². The molecule has 1 aromatic carbocycles. The number of primary amides is 1. The lowest BCUT2D eigenvalue weighted by atomic mass is 9.96. The van der Waals surface area contributed by atoms with Crippen LogP contribution in [0, 0.1) is 11.2 Å². The number of hydrogen-bond donors (Lipinski definition) is 2. The average molecular weight is 253 g/mol. The average Bonchev–Trinajstić information content (AvgIpc) is 2.13. The number of carbonyl (C=O) groups excluding carboxylic acids is 1. The number of nitrogens with zero attached hydrogens (tertiary/aromatic N) is 1. The first-order valence-electron chi connectivity index (χ1n) is 5.72. The fourth-order valence-electron chi connectivity index (χ4n) is 1.88. The highest BCUT2D eigenvalue weighted by atomic mass is 19.1. The van der Waals surface area contributed by atoms with E-state index in [-0.39, 0.29) is 16.7 Å². The molecule has 0 bridgehead atoms. The van der Waals surface area contributed by atoms with Crippen molar-refractivity contribution in [3.63, 3.8) is 0 Å². The molecular weight excluding hydrogens is 233 g/mol. The van der Waals surface area contributed by atoms with Crippen LogP contribution in [0.2, 0.25) is 0 Å². The molecule has 0 radical (unpaired) electrons. The second-order valence-electron chi connectivity index (χ2n) is 5.67. The van der Waals surface area contributed by atoms with Gasteiger partial charge in [-0.15, -0.1) is 0 Å². The zero-order chi connectivity index (χ0) is 14.1. The van der Waals surface area contributed by atoms with E-state index in [1.807, 2.05) is 20.8 Å². The van der Waals surface area contributed by atoms with Gasteiger partial charge in [-0.05, 0) is 17.5 Å². The van der Waals surface area contributed by atoms with Gasteiger partial charge in [0.1, 0.15) is 5.82 Å². The van der Waals surface area contributed by atoms with E-state index in [1.54, 1.807) is 11.9 Å². The Morgan fingerprint density at radius 1 is 1.39 bits per heavy atom. The summed E-state index contributed by atoms with van der Waals surface area (Å²) in [6.45, 7) is 6.79. The van der Waals surface area contributed by atoms with Crippen LogP contribution in [0.1, 0.15) is 31.1 Å². The second kappa shape index (κ2) is 4.84. The van der Waals surface area contributed by atoms with Crippen molar-refractivity contribution in [1.29, 1.82) is 0 Å². The number of nitrogens with two attached hydrogens (primary N) is 2. The highest BCUT2D eigenvalue weighted by molar-refractivity contribution is 5.99. The van der Waals surface area contributed by atoms with Gasteiger partial charge in [0.25, 0.3) is 5.91 Å². The normalized spacial score (nSPS) is 11.4. The Bertz CT molecular complexity index is 466. The fraction of sp³-hybridized carbons (Fsp3) is 0.462. The monoisotopic (exact) mass is 253 g/mol. The van der Waals surface area contributed by atoms with E-state index in [9.17, 15) is 9.18 Å². The molecule has 4 N–H and O–H groups in total. The smallest absolute Gasteiger partial charge is 0.250 e. The van der Waals surface area contributed by atoms with Crippen molar-refractivity contribution >= 4 is 17.3 Å². The van der Waals surface area contributed by atoms with Crippen LogP contribution in [-0.2, 0) is 0 Å². The van der Waals surface area contributed by atoms with Crippen LogP contribution in [-0.4, -0.2) is 19.5 Å². The van der Waals surface area contributed by atoms with Crippen molar-refractivity contribution in [2.45, 2.75) is 20.8 Å². The number of amides is 1. The Labute approximate surface area is 107 Å². The summed E-state index contributed by atoms with van der Waals surface area (Å²) in [5, 5.41) is 0. The molecule has 0 atom stereocenters. The minimum absolute atomic E-state index is 0.00939. The maximum atomic E-state index is 13.8. The predicted octanol–water partition coefficient (Wildman–Crippen LogP) is 1.99. The summed E-state index contributed by atoms with van der Waals surface area (Å²) in [5.41, 5.74) is 11.3. The maximum Gasteiger partial charge on any atom is 0.250 e. The van der Waals surface area contributed by atoms with E-state index in [1.165, 1.54) is 6.07 Å². The Balaban J connectivity index is 3.16. The topological polar surface area (TPSA) is 72.3 Å². The first-order chi connectivity index (χ1) is 8.11. The summed E-state index contributed by atoms with van der Waals surface area (Å²) in [5.74, 6) is -1.11. The number of hydrogen-bond acceptors (Lipinski definition) is 3. The predicted molar refractivity (Wildman–Crippen MR) is 72.1 cm³/mol. The number of benzene rings is 1. The molecule has 1 amide bonds. The van der Waals surface area contributed by atoms with Gasteiger partial charge in [-0.2, -0.15) is 0 Å². The fourth-order valence-corrected chi connectivity index (χ4v) is 1.88. The third-order valence-electron chi connectivity index (χ3n) is 2.51. The first kappa shape index (κ1) is 14.3. The minimum Gasteiger partial charge on any atom is -0.398 e. The molecule has 0 saturated carbocycles. The SMILES string of the molecule is CN(CC(C)(C)C)c1cc(C(N)=O)c(N)cc1F. The van der Waals surface area contributed by atoms with Gasteiger partial charge in [0, 0.05) is 19.3 Å². The molecular formula is C13H20FN3O. The van der Waals surface area contributed by atoms with E-state index >= 15 is 0 Å². The van der Waals surface area contributed by atoms with Crippen LogP contribution in [0.25, 0.3) is 0 Å². The third-order valence-corrected chi connectivity index (χ3v) is 2.51. The maximum absolute atomic E-state index is 13.8. The van der Waals surface area contributed by atoms with Gasteiger partial charge in [-0.1, -0.05) is 20.8 Å². The lowest BCUT2D eigenvalue weighted by molar-refractivity contribution is 0.100. The van der Waals surface area contributed by atoms with Crippen LogP contribution < -0.4 is 16.4 Å². The highest BCUT2D eigenvalue weighted by Crippen LogP contribution is 2.27. The minimum atomic E-state index is -0.655. The van der Waals surface area contributed by atoms with E-state index in [4.69, 9.17) is 11.5 Å². The number of rotatable bonds is 3. The van der Waals surface area contributed by atoms with Gasteiger partial charge in [0.15, 0.2) is 0 Å². The molecule has 4 nitrogen and oxygen atoms in total. The Morgan fingerprint density at radius 2 is 1.94 bits per heavy atom. The van der Waals surface area contributed by atoms with Gasteiger partial charge >= 0.3 is 0 Å². The summed E-state index contributed by atoms with van der Waals surface area (Å²) >= 11 is 0.